The molecule has 0 saturated carbocycles. The van der Waals surface area contributed by atoms with Gasteiger partial charge in [0.1, 0.15) is 5.69 Å². The number of carbonyl (C=O) groups is 1. The van der Waals surface area contributed by atoms with Crippen molar-refractivity contribution in [3.8, 4) is 0 Å². The lowest BCUT2D eigenvalue weighted by Crippen LogP contribution is -2.26. The van der Waals surface area contributed by atoms with Crippen molar-refractivity contribution < 1.29 is 4.79 Å². The van der Waals surface area contributed by atoms with Crippen LogP contribution < -0.4 is 11.1 Å². The van der Waals surface area contributed by atoms with Crippen molar-refractivity contribution in [3.63, 3.8) is 0 Å². The Morgan fingerprint density at radius 2 is 2.11 bits per heavy atom. The average molecular weight is 265 g/mol. The van der Waals surface area contributed by atoms with Crippen LogP contribution in [0.1, 0.15) is 16.1 Å². The molecule has 94 valence electrons. The van der Waals surface area contributed by atoms with Crippen molar-refractivity contribution in [3.05, 3.63) is 46.7 Å². The van der Waals surface area contributed by atoms with E-state index in [1.54, 1.807) is 19.2 Å². The Morgan fingerprint density at radius 3 is 2.67 bits per heavy atom. The van der Waals surface area contributed by atoms with E-state index in [1.165, 1.54) is 10.9 Å². The lowest BCUT2D eigenvalue weighted by atomic mass is 10.2. The molecule has 18 heavy (non-hydrogen) atoms. The first-order chi connectivity index (χ1) is 8.58. The number of nitrogens with zero attached hydrogens (tertiary/aromatic N) is 2. The van der Waals surface area contributed by atoms with Crippen molar-refractivity contribution in [1.29, 1.82) is 0 Å². The summed E-state index contributed by atoms with van der Waals surface area (Å²) in [7, 11) is 1.67. The third kappa shape index (κ3) is 2.62. The minimum absolute atomic E-state index is 0.248. The monoisotopic (exact) mass is 264 g/mol. The SMILES string of the molecule is Cn1ncc(N)c1C(=O)NCc1ccc(Cl)cc1. The summed E-state index contributed by atoms with van der Waals surface area (Å²) < 4.78 is 1.45. The van der Waals surface area contributed by atoms with Crippen molar-refractivity contribution >= 4 is 23.2 Å². The molecule has 0 bridgehead atoms. The molecule has 0 fully saturated rings. The first-order valence-corrected chi connectivity index (χ1v) is 5.76. The number of hydrogen-bond donors (Lipinski definition) is 2. The van der Waals surface area contributed by atoms with Gasteiger partial charge >= 0.3 is 0 Å². The maximum Gasteiger partial charge on any atom is 0.271 e. The van der Waals surface area contributed by atoms with Crippen LogP contribution in [0.4, 0.5) is 5.69 Å². The second kappa shape index (κ2) is 5.10. The van der Waals surface area contributed by atoms with Gasteiger partial charge in [0, 0.05) is 18.6 Å². The first kappa shape index (κ1) is 12.4. The number of hydrogen-bond acceptors (Lipinski definition) is 3. The largest absolute Gasteiger partial charge is 0.396 e. The summed E-state index contributed by atoms with van der Waals surface area (Å²) in [5.74, 6) is -0.248. The molecule has 2 rings (SSSR count). The molecule has 0 spiro atoms. The van der Waals surface area contributed by atoms with E-state index in [4.69, 9.17) is 17.3 Å². The Labute approximate surface area is 110 Å². The molecule has 0 aliphatic heterocycles. The van der Waals surface area contributed by atoms with Gasteiger partial charge in [-0.15, -0.1) is 0 Å². The van der Waals surface area contributed by atoms with Crippen molar-refractivity contribution in [2.45, 2.75) is 6.54 Å². The molecular weight excluding hydrogens is 252 g/mol. The Balaban J connectivity index is 2.03. The number of nitrogen functional groups attached to an aromatic ring is 1. The van der Waals surface area contributed by atoms with Gasteiger partial charge in [0.2, 0.25) is 0 Å². The van der Waals surface area contributed by atoms with E-state index in [1.807, 2.05) is 12.1 Å². The summed E-state index contributed by atoms with van der Waals surface area (Å²) in [6.45, 7) is 0.417. The van der Waals surface area contributed by atoms with Crippen LogP contribution in [0.25, 0.3) is 0 Å². The fourth-order valence-electron chi connectivity index (χ4n) is 1.60. The zero-order chi connectivity index (χ0) is 13.1. The van der Waals surface area contributed by atoms with E-state index in [0.29, 0.717) is 22.9 Å². The lowest BCUT2D eigenvalue weighted by molar-refractivity contribution is 0.0942. The number of nitrogens with one attached hydrogen (secondary N) is 1. The molecule has 2 aromatic rings. The number of anilines is 1. The zero-order valence-corrected chi connectivity index (χ0v) is 10.6. The summed E-state index contributed by atoms with van der Waals surface area (Å²) in [6.07, 6.45) is 1.46. The van der Waals surface area contributed by atoms with Crippen LogP contribution in [0.15, 0.2) is 30.5 Å². The molecule has 1 aromatic carbocycles. The molecule has 0 radical (unpaired) electrons. The van der Waals surface area contributed by atoms with E-state index < -0.39 is 0 Å². The van der Waals surface area contributed by atoms with Gasteiger partial charge in [-0.25, -0.2) is 0 Å². The average Bonchev–Trinajstić information content (AvgIpc) is 2.68. The molecule has 0 aliphatic rings. The van der Waals surface area contributed by atoms with E-state index >= 15 is 0 Å². The fraction of sp³-hybridized carbons (Fsp3) is 0.167. The number of halogens is 1. The first-order valence-electron chi connectivity index (χ1n) is 5.38. The lowest BCUT2D eigenvalue weighted by Gasteiger charge is -2.06. The molecule has 3 N–H and O–H groups in total. The van der Waals surface area contributed by atoms with Crippen molar-refractivity contribution in [2.75, 3.05) is 5.73 Å². The Hall–Kier alpha value is -2.01. The molecule has 5 nitrogen and oxygen atoms in total. The predicted octanol–water partition coefficient (Wildman–Crippen LogP) is 1.59. The number of amides is 1. The van der Waals surface area contributed by atoms with Crippen LogP contribution in [0.3, 0.4) is 0 Å². The minimum atomic E-state index is -0.248. The van der Waals surface area contributed by atoms with Gasteiger partial charge < -0.3 is 11.1 Å². The maximum absolute atomic E-state index is 11.9. The second-order valence-corrected chi connectivity index (χ2v) is 4.32. The van der Waals surface area contributed by atoms with Crippen LogP contribution in [0.5, 0.6) is 0 Å². The van der Waals surface area contributed by atoms with E-state index in [9.17, 15) is 4.79 Å². The molecule has 1 heterocycles. The highest BCUT2D eigenvalue weighted by molar-refractivity contribution is 6.30. The van der Waals surface area contributed by atoms with Crippen LogP contribution in [0, 0.1) is 0 Å². The van der Waals surface area contributed by atoms with Gasteiger partial charge in [0.05, 0.1) is 11.9 Å². The Morgan fingerprint density at radius 1 is 1.44 bits per heavy atom. The molecule has 0 aliphatic carbocycles. The summed E-state index contributed by atoms with van der Waals surface area (Å²) in [4.78, 5) is 11.9. The van der Waals surface area contributed by atoms with E-state index in [2.05, 4.69) is 10.4 Å². The second-order valence-electron chi connectivity index (χ2n) is 3.88. The van der Waals surface area contributed by atoms with E-state index in [0.717, 1.165) is 5.56 Å². The number of carbonyl (C=O) groups excluding carboxylic acids is 1. The third-order valence-corrected chi connectivity index (χ3v) is 2.80. The molecule has 0 atom stereocenters. The Bertz CT molecular complexity index is 542. The number of aryl methyl sites for hydroxylation is 1. The number of rotatable bonds is 3. The maximum atomic E-state index is 11.9. The third-order valence-electron chi connectivity index (χ3n) is 2.55. The number of nitrogens with two attached hydrogens (primary N) is 1. The Kier molecular flexibility index (Phi) is 3.53. The standard InChI is InChI=1S/C12H13ClN4O/c1-17-11(10(14)7-16-17)12(18)15-6-8-2-4-9(13)5-3-8/h2-5,7H,6,14H2,1H3,(H,15,18). The van der Waals surface area contributed by atoms with Gasteiger partial charge in [-0.3, -0.25) is 9.48 Å². The van der Waals surface area contributed by atoms with Crippen LogP contribution >= 0.6 is 11.6 Å². The summed E-state index contributed by atoms with van der Waals surface area (Å²) >= 11 is 5.78. The normalized spacial score (nSPS) is 10.3. The van der Waals surface area contributed by atoms with Crippen LogP contribution in [-0.4, -0.2) is 15.7 Å². The quantitative estimate of drug-likeness (QED) is 0.884. The number of aromatic nitrogens is 2. The zero-order valence-electron chi connectivity index (χ0n) is 9.85. The van der Waals surface area contributed by atoms with Gasteiger partial charge in [0.15, 0.2) is 0 Å². The van der Waals surface area contributed by atoms with Gasteiger partial charge in [-0.05, 0) is 17.7 Å². The van der Waals surface area contributed by atoms with Gasteiger partial charge in [-0.1, -0.05) is 23.7 Å². The summed E-state index contributed by atoms with van der Waals surface area (Å²) in [6, 6.07) is 7.27. The molecular formula is C12H13ClN4O. The highest BCUT2D eigenvalue weighted by Crippen LogP contribution is 2.11. The fourth-order valence-corrected chi connectivity index (χ4v) is 1.73. The topological polar surface area (TPSA) is 72.9 Å². The predicted molar refractivity (Wildman–Crippen MR) is 70.2 cm³/mol. The van der Waals surface area contributed by atoms with Gasteiger partial charge in [-0.2, -0.15) is 5.10 Å². The smallest absolute Gasteiger partial charge is 0.271 e. The molecule has 0 saturated heterocycles. The van der Waals surface area contributed by atoms with Crippen LogP contribution in [0.2, 0.25) is 5.02 Å². The van der Waals surface area contributed by atoms with Crippen molar-refractivity contribution in [2.24, 2.45) is 7.05 Å². The van der Waals surface area contributed by atoms with Gasteiger partial charge in [0.25, 0.3) is 5.91 Å². The molecule has 6 heteroatoms. The summed E-state index contributed by atoms with van der Waals surface area (Å²) in [5, 5.41) is 7.36. The van der Waals surface area contributed by atoms with E-state index in [-0.39, 0.29) is 5.91 Å². The number of benzene rings is 1. The molecule has 0 unspecified atom stereocenters. The highest BCUT2D eigenvalue weighted by Gasteiger charge is 2.14. The van der Waals surface area contributed by atoms with Crippen molar-refractivity contribution in [1.82, 2.24) is 15.1 Å². The highest BCUT2D eigenvalue weighted by atomic mass is 35.5. The molecule has 1 aromatic heterocycles. The summed E-state index contributed by atoms with van der Waals surface area (Å²) in [5.41, 5.74) is 7.37. The van der Waals surface area contributed by atoms with Crippen LogP contribution in [-0.2, 0) is 13.6 Å². The molecule has 1 amide bonds. The minimum Gasteiger partial charge on any atom is -0.396 e.